The van der Waals surface area contributed by atoms with Crippen LogP contribution in [0.15, 0.2) is 48.5 Å². The summed E-state index contributed by atoms with van der Waals surface area (Å²) in [6, 6.07) is 11.0. The molecule has 0 aliphatic carbocycles. The van der Waals surface area contributed by atoms with Gasteiger partial charge in [0.2, 0.25) is 0 Å². The molecule has 1 aromatic heterocycles. The number of carbonyl (C=O) groups excluding carboxylic acids is 1. The van der Waals surface area contributed by atoms with Crippen molar-refractivity contribution >= 4 is 11.6 Å². The SMILES string of the molecule is Cc1nn(C)c(C(=O)Nc2cccc(Oc3ccc(C(F)(F)F)cc3)c2)c1C. The van der Waals surface area contributed by atoms with Gasteiger partial charge in [0.25, 0.3) is 5.91 Å². The van der Waals surface area contributed by atoms with Crippen LogP contribution in [0.3, 0.4) is 0 Å². The topological polar surface area (TPSA) is 56.2 Å². The highest BCUT2D eigenvalue weighted by molar-refractivity contribution is 6.04. The summed E-state index contributed by atoms with van der Waals surface area (Å²) < 4.78 is 45.0. The number of amides is 1. The fourth-order valence-corrected chi connectivity index (χ4v) is 2.76. The van der Waals surface area contributed by atoms with Crippen molar-refractivity contribution in [1.29, 1.82) is 0 Å². The minimum atomic E-state index is -4.40. The maximum atomic E-state index is 12.6. The second-order valence-electron chi connectivity index (χ2n) is 6.29. The van der Waals surface area contributed by atoms with Crippen LogP contribution in [-0.4, -0.2) is 15.7 Å². The molecule has 146 valence electrons. The van der Waals surface area contributed by atoms with Crippen molar-refractivity contribution in [1.82, 2.24) is 9.78 Å². The lowest BCUT2D eigenvalue weighted by Gasteiger charge is -2.11. The van der Waals surface area contributed by atoms with Crippen LogP contribution in [0.5, 0.6) is 11.5 Å². The minimum Gasteiger partial charge on any atom is -0.457 e. The molecule has 0 radical (unpaired) electrons. The molecule has 0 unspecified atom stereocenters. The molecule has 8 heteroatoms. The van der Waals surface area contributed by atoms with E-state index >= 15 is 0 Å². The van der Waals surface area contributed by atoms with Crippen molar-refractivity contribution in [2.24, 2.45) is 7.05 Å². The minimum absolute atomic E-state index is 0.259. The highest BCUT2D eigenvalue weighted by Crippen LogP contribution is 2.31. The first kappa shape index (κ1) is 19.5. The molecule has 0 aliphatic heterocycles. The molecular weight excluding hydrogens is 371 g/mol. The average Bonchev–Trinajstić information content (AvgIpc) is 2.87. The molecule has 0 atom stereocenters. The largest absolute Gasteiger partial charge is 0.457 e. The summed E-state index contributed by atoms with van der Waals surface area (Å²) in [5.41, 5.74) is 1.76. The van der Waals surface area contributed by atoms with Crippen molar-refractivity contribution in [3.8, 4) is 11.5 Å². The number of ether oxygens (including phenoxy) is 1. The van der Waals surface area contributed by atoms with Crippen molar-refractivity contribution in [3.63, 3.8) is 0 Å². The van der Waals surface area contributed by atoms with Gasteiger partial charge >= 0.3 is 6.18 Å². The van der Waals surface area contributed by atoms with E-state index in [0.29, 0.717) is 17.1 Å². The summed E-state index contributed by atoms with van der Waals surface area (Å²) in [5, 5.41) is 7.00. The van der Waals surface area contributed by atoms with Crippen LogP contribution in [0.1, 0.15) is 27.3 Å². The van der Waals surface area contributed by atoms with Gasteiger partial charge in [-0.05, 0) is 50.2 Å². The summed E-state index contributed by atoms with van der Waals surface area (Å²) >= 11 is 0. The predicted octanol–water partition coefficient (Wildman–Crippen LogP) is 5.10. The third-order valence-corrected chi connectivity index (χ3v) is 4.25. The molecule has 1 amide bonds. The van der Waals surface area contributed by atoms with Crippen molar-refractivity contribution in [3.05, 3.63) is 71.0 Å². The summed E-state index contributed by atoms with van der Waals surface area (Å²) in [6.45, 7) is 3.64. The number of nitrogens with one attached hydrogen (secondary N) is 1. The number of carbonyl (C=O) groups is 1. The van der Waals surface area contributed by atoms with Gasteiger partial charge in [-0.1, -0.05) is 6.07 Å². The Morgan fingerprint density at radius 3 is 2.32 bits per heavy atom. The third kappa shape index (κ3) is 4.16. The summed E-state index contributed by atoms with van der Waals surface area (Å²) in [5.74, 6) is 0.331. The van der Waals surface area contributed by atoms with Gasteiger partial charge in [-0.3, -0.25) is 9.48 Å². The van der Waals surface area contributed by atoms with Crippen LogP contribution < -0.4 is 10.1 Å². The Labute approximate surface area is 159 Å². The number of alkyl halides is 3. The fraction of sp³-hybridized carbons (Fsp3) is 0.200. The van der Waals surface area contributed by atoms with Gasteiger partial charge in [0.05, 0.1) is 11.3 Å². The second-order valence-corrected chi connectivity index (χ2v) is 6.29. The van der Waals surface area contributed by atoms with E-state index in [1.807, 2.05) is 13.8 Å². The first-order valence-corrected chi connectivity index (χ1v) is 8.42. The van der Waals surface area contributed by atoms with Crippen molar-refractivity contribution < 1.29 is 22.7 Å². The Hall–Kier alpha value is -3.29. The van der Waals surface area contributed by atoms with Gasteiger partial charge < -0.3 is 10.1 Å². The van der Waals surface area contributed by atoms with E-state index in [4.69, 9.17) is 4.74 Å². The molecule has 0 spiro atoms. The van der Waals surface area contributed by atoms with Crippen LogP contribution in [-0.2, 0) is 13.2 Å². The maximum Gasteiger partial charge on any atom is 0.416 e. The Bertz CT molecular complexity index is 1010. The Balaban J connectivity index is 1.74. The maximum absolute atomic E-state index is 12.6. The lowest BCUT2D eigenvalue weighted by atomic mass is 10.2. The average molecular weight is 389 g/mol. The standard InChI is InChI=1S/C20H18F3N3O2/c1-12-13(2)25-26(3)18(12)19(27)24-15-5-4-6-17(11-15)28-16-9-7-14(8-10-16)20(21,22)23/h4-11H,1-3H3,(H,24,27). The Morgan fingerprint density at radius 1 is 1.07 bits per heavy atom. The zero-order valence-electron chi connectivity index (χ0n) is 15.5. The van der Waals surface area contributed by atoms with Gasteiger partial charge in [0.1, 0.15) is 17.2 Å². The summed E-state index contributed by atoms with van der Waals surface area (Å²) in [6.07, 6.45) is -4.40. The van der Waals surface area contributed by atoms with E-state index in [9.17, 15) is 18.0 Å². The van der Waals surface area contributed by atoms with Crippen LogP contribution in [0.4, 0.5) is 18.9 Å². The van der Waals surface area contributed by atoms with E-state index in [2.05, 4.69) is 10.4 Å². The molecule has 3 aromatic rings. The predicted molar refractivity (Wildman–Crippen MR) is 98.6 cm³/mol. The fourth-order valence-electron chi connectivity index (χ4n) is 2.76. The van der Waals surface area contributed by atoms with Gasteiger partial charge in [-0.15, -0.1) is 0 Å². The number of anilines is 1. The van der Waals surface area contributed by atoms with Crippen LogP contribution in [0.25, 0.3) is 0 Å². The summed E-state index contributed by atoms with van der Waals surface area (Å²) in [4.78, 5) is 12.6. The molecule has 0 fully saturated rings. The zero-order chi connectivity index (χ0) is 20.5. The number of halogens is 3. The molecule has 1 heterocycles. The summed E-state index contributed by atoms with van der Waals surface area (Å²) in [7, 11) is 1.69. The monoisotopic (exact) mass is 389 g/mol. The highest BCUT2D eigenvalue weighted by Gasteiger charge is 2.30. The molecule has 0 bridgehead atoms. The normalized spacial score (nSPS) is 11.4. The number of aryl methyl sites for hydroxylation is 2. The van der Waals surface area contributed by atoms with Gasteiger partial charge in [-0.25, -0.2) is 0 Å². The van der Waals surface area contributed by atoms with E-state index in [1.165, 1.54) is 16.8 Å². The third-order valence-electron chi connectivity index (χ3n) is 4.25. The van der Waals surface area contributed by atoms with Crippen LogP contribution in [0.2, 0.25) is 0 Å². The van der Waals surface area contributed by atoms with Crippen LogP contribution in [0, 0.1) is 13.8 Å². The number of rotatable bonds is 4. The number of hydrogen-bond acceptors (Lipinski definition) is 3. The molecule has 0 saturated heterocycles. The lowest BCUT2D eigenvalue weighted by molar-refractivity contribution is -0.137. The molecular formula is C20H18F3N3O2. The number of aromatic nitrogens is 2. The van der Waals surface area contributed by atoms with E-state index in [1.54, 1.807) is 31.3 Å². The molecule has 0 aliphatic rings. The molecule has 1 N–H and O–H groups in total. The molecule has 3 rings (SSSR count). The smallest absolute Gasteiger partial charge is 0.416 e. The molecule has 2 aromatic carbocycles. The van der Waals surface area contributed by atoms with Gasteiger partial charge in [-0.2, -0.15) is 18.3 Å². The zero-order valence-corrected chi connectivity index (χ0v) is 15.5. The van der Waals surface area contributed by atoms with E-state index in [-0.39, 0.29) is 11.7 Å². The number of hydrogen-bond donors (Lipinski definition) is 1. The quantitative estimate of drug-likeness (QED) is 0.675. The highest BCUT2D eigenvalue weighted by atomic mass is 19.4. The van der Waals surface area contributed by atoms with E-state index in [0.717, 1.165) is 23.4 Å². The first-order valence-electron chi connectivity index (χ1n) is 8.42. The number of benzene rings is 2. The first-order chi connectivity index (χ1) is 13.1. The molecule has 5 nitrogen and oxygen atoms in total. The van der Waals surface area contributed by atoms with Crippen molar-refractivity contribution in [2.45, 2.75) is 20.0 Å². The number of nitrogens with zero attached hydrogens (tertiary/aromatic N) is 2. The van der Waals surface area contributed by atoms with Crippen molar-refractivity contribution in [2.75, 3.05) is 5.32 Å². The Kier molecular flexibility index (Phi) is 5.13. The Morgan fingerprint density at radius 2 is 1.75 bits per heavy atom. The van der Waals surface area contributed by atoms with E-state index < -0.39 is 11.7 Å². The van der Waals surface area contributed by atoms with Gasteiger partial charge in [0, 0.05) is 24.4 Å². The lowest BCUT2D eigenvalue weighted by Crippen LogP contribution is -2.17. The van der Waals surface area contributed by atoms with Gasteiger partial charge in [0.15, 0.2) is 0 Å². The molecule has 0 saturated carbocycles. The van der Waals surface area contributed by atoms with Crippen LogP contribution >= 0.6 is 0 Å². The molecule has 28 heavy (non-hydrogen) atoms. The second kappa shape index (κ2) is 7.38.